The molecule has 0 saturated carbocycles. The van der Waals surface area contributed by atoms with Crippen molar-refractivity contribution in [3.8, 4) is 0 Å². The van der Waals surface area contributed by atoms with Gasteiger partial charge in [-0.3, -0.25) is 19.4 Å². The normalized spacial score (nSPS) is 29.9. The number of hydrogen-bond donors (Lipinski definition) is 2. The van der Waals surface area contributed by atoms with E-state index < -0.39 is 36.0 Å². The van der Waals surface area contributed by atoms with E-state index in [9.17, 15) is 39.6 Å². The molecule has 0 radical (unpaired) electrons. The molecule has 8 atom stereocenters. The van der Waals surface area contributed by atoms with Gasteiger partial charge >= 0.3 is 59.1 Å². The van der Waals surface area contributed by atoms with Gasteiger partial charge in [0.05, 0.1) is 59.6 Å². The van der Waals surface area contributed by atoms with Gasteiger partial charge in [-0.25, -0.2) is 0 Å². The Bertz CT molecular complexity index is 1040. The molecule has 0 spiro atoms. The van der Waals surface area contributed by atoms with Crippen LogP contribution in [0.5, 0.6) is 0 Å². The molecule has 2 amide bonds. The van der Waals surface area contributed by atoms with Gasteiger partial charge in [0.1, 0.15) is 10.7 Å². The van der Waals surface area contributed by atoms with Gasteiger partial charge in [-0.2, -0.15) is 0 Å². The van der Waals surface area contributed by atoms with Crippen molar-refractivity contribution in [2.75, 3.05) is 13.2 Å². The quantitative estimate of drug-likeness (QED) is 0.192. The largest absolute Gasteiger partial charge is 1.00 e. The summed E-state index contributed by atoms with van der Waals surface area (Å²) in [5.41, 5.74) is -0.132. The number of hydrogen-bond acceptors (Lipinski definition) is 12. The zero-order valence-corrected chi connectivity index (χ0v) is 30.9. The van der Waals surface area contributed by atoms with Gasteiger partial charge in [0, 0.05) is 23.0 Å². The molecule has 12 N–H and O–H groups in total. The van der Waals surface area contributed by atoms with Gasteiger partial charge in [-0.1, -0.05) is 23.5 Å². The second kappa shape index (κ2) is 19.6. The molecule has 0 aromatic heterocycles. The minimum Gasteiger partial charge on any atom is -0.543 e. The number of carboxylic acid groups (broad SMARTS) is 2. The Morgan fingerprint density at radius 2 is 1.04 bits per heavy atom. The molecule has 4 fully saturated rings. The van der Waals surface area contributed by atoms with E-state index in [2.05, 4.69) is 0 Å². The van der Waals surface area contributed by atoms with Crippen molar-refractivity contribution in [1.29, 1.82) is 0 Å². The number of rotatable bonds is 6. The molecule has 6 rings (SSSR count). The van der Waals surface area contributed by atoms with Crippen molar-refractivity contribution in [1.82, 2.24) is 9.80 Å². The predicted octanol–water partition coefficient (Wildman–Crippen LogP) is -12.0. The molecule has 6 aliphatic rings. The average molecular weight is 705 g/mol. The molecular formula is C24H38N2Na2O15S2. The molecule has 6 heterocycles. The first-order valence-corrected chi connectivity index (χ1v) is 14.3. The SMILES string of the molecule is C[C@@H](O)[C@H]1C(=O)N2C(C(=O)[O-])=C([C@H]3CCCO3)S[C@H]12.C[C@@H](O)[C@H]1C(=O)N2C(C(=O)[O-])=C([C@H]3CCCO3)S[C@H]12.O.O.O.O.O.[Na+].[Na+]. The second-order valence-corrected chi connectivity index (χ2v) is 12.3. The third kappa shape index (κ3) is 8.66. The summed E-state index contributed by atoms with van der Waals surface area (Å²) in [6, 6.07) is 0. The van der Waals surface area contributed by atoms with E-state index in [1.807, 2.05) is 0 Å². The van der Waals surface area contributed by atoms with Crippen LogP contribution >= 0.6 is 23.5 Å². The number of carboxylic acids is 2. The van der Waals surface area contributed by atoms with Crippen LogP contribution in [-0.2, 0) is 28.7 Å². The van der Waals surface area contributed by atoms with E-state index in [0.29, 0.717) is 23.0 Å². The van der Waals surface area contributed by atoms with E-state index in [0.717, 1.165) is 25.7 Å². The average Bonchev–Trinajstić information content (AvgIpc) is 3.61. The van der Waals surface area contributed by atoms with Gasteiger partial charge in [0.25, 0.3) is 0 Å². The number of ether oxygens (including phenoxy) is 2. The molecule has 45 heavy (non-hydrogen) atoms. The summed E-state index contributed by atoms with van der Waals surface area (Å²) < 4.78 is 11.0. The molecule has 21 heteroatoms. The Kier molecular flexibility index (Phi) is 21.4. The number of carbonyl (C=O) groups excluding carboxylic acids is 4. The Hall–Kier alpha value is -0.300. The zero-order chi connectivity index (χ0) is 27.5. The van der Waals surface area contributed by atoms with E-state index in [-0.39, 0.29) is 133 Å². The van der Waals surface area contributed by atoms with Crippen molar-refractivity contribution >= 4 is 47.3 Å². The Balaban J connectivity index is -0.000000678. The topological polar surface area (TPSA) is 337 Å². The minimum atomic E-state index is -1.35. The van der Waals surface area contributed by atoms with Crippen molar-refractivity contribution in [3.05, 3.63) is 21.2 Å². The number of thioether (sulfide) groups is 2. The van der Waals surface area contributed by atoms with Crippen LogP contribution in [0, 0.1) is 11.8 Å². The third-order valence-electron chi connectivity index (χ3n) is 7.48. The minimum absolute atomic E-state index is 0. The summed E-state index contributed by atoms with van der Waals surface area (Å²) >= 11 is 2.63. The number of fused-ring (bicyclic) bond motifs is 2. The van der Waals surface area contributed by atoms with Gasteiger partial charge in [0.15, 0.2) is 0 Å². The molecule has 4 saturated heterocycles. The maximum Gasteiger partial charge on any atom is 1.00 e. The van der Waals surface area contributed by atoms with Crippen LogP contribution in [0.3, 0.4) is 0 Å². The fourth-order valence-corrected chi connectivity index (χ4v) is 9.01. The maximum absolute atomic E-state index is 11.9. The Morgan fingerprint density at radius 1 is 0.733 bits per heavy atom. The third-order valence-corrected chi connectivity index (χ3v) is 10.4. The standard InChI is InChI=1S/2C12H15NO5S.2Na.5H2O/c2*1-5(14)7-10(15)13-8(12(16)17)9(19-11(7)13)6-3-2-4-18-6;;;;;;;/h2*5-7,11,14H,2-4H2,1H3,(H,16,17);;;5*1H2/q;;2*+1;;;;;/p-2/t2*5-,6-,7+,11-;;;;;;;/m11......./s1. The van der Waals surface area contributed by atoms with Crippen LogP contribution in [0.25, 0.3) is 0 Å². The molecule has 17 nitrogen and oxygen atoms in total. The summed E-state index contributed by atoms with van der Waals surface area (Å²) in [6.45, 7) is 4.30. The maximum atomic E-state index is 11.9. The number of β-lactam (4-membered cyclic amide) rings is 2. The number of aliphatic hydroxyl groups is 2. The fraction of sp³-hybridized carbons (Fsp3) is 0.667. The van der Waals surface area contributed by atoms with Crippen molar-refractivity contribution in [3.63, 3.8) is 0 Å². The van der Waals surface area contributed by atoms with E-state index >= 15 is 0 Å². The van der Waals surface area contributed by atoms with Crippen LogP contribution in [0.4, 0.5) is 0 Å². The first-order valence-electron chi connectivity index (χ1n) is 12.5. The summed E-state index contributed by atoms with van der Waals surface area (Å²) in [4.78, 5) is 50.1. The zero-order valence-electron chi connectivity index (χ0n) is 25.2. The van der Waals surface area contributed by atoms with Crippen molar-refractivity contribution in [2.24, 2.45) is 11.8 Å². The number of amides is 2. The van der Waals surface area contributed by atoms with Crippen LogP contribution in [0.1, 0.15) is 39.5 Å². The van der Waals surface area contributed by atoms with Crippen LogP contribution in [0.15, 0.2) is 21.2 Å². The number of aliphatic hydroxyl groups excluding tert-OH is 2. The summed E-state index contributed by atoms with van der Waals surface area (Å²) in [7, 11) is 0. The van der Waals surface area contributed by atoms with E-state index in [4.69, 9.17) is 9.47 Å². The Morgan fingerprint density at radius 3 is 1.27 bits per heavy atom. The van der Waals surface area contributed by atoms with Crippen LogP contribution in [-0.4, -0.2) is 120 Å². The first kappa shape index (κ1) is 49.1. The molecule has 0 aromatic carbocycles. The molecule has 0 bridgehead atoms. The molecule has 0 aliphatic carbocycles. The molecule has 0 aromatic rings. The molecule has 0 unspecified atom stereocenters. The number of aliphatic carboxylic acids is 2. The fourth-order valence-electron chi connectivity index (χ4n) is 5.62. The smallest absolute Gasteiger partial charge is 0.543 e. The van der Waals surface area contributed by atoms with E-state index in [1.54, 1.807) is 13.8 Å². The van der Waals surface area contributed by atoms with Crippen LogP contribution in [0.2, 0.25) is 0 Å². The second-order valence-electron chi connectivity index (χ2n) is 9.97. The number of carbonyl (C=O) groups is 4. The summed E-state index contributed by atoms with van der Waals surface area (Å²) in [5.74, 6) is -4.48. The van der Waals surface area contributed by atoms with Gasteiger partial charge < -0.3 is 66.9 Å². The summed E-state index contributed by atoms with van der Waals surface area (Å²) in [5, 5.41) is 41.1. The molecule has 6 aliphatic heterocycles. The van der Waals surface area contributed by atoms with E-state index in [1.165, 1.54) is 33.3 Å². The van der Waals surface area contributed by atoms with Crippen LogP contribution < -0.4 is 69.3 Å². The molecular weight excluding hydrogens is 666 g/mol. The Labute approximate surface area is 311 Å². The summed E-state index contributed by atoms with van der Waals surface area (Å²) in [6.07, 6.45) is 1.19. The van der Waals surface area contributed by atoms with Gasteiger partial charge in [0.2, 0.25) is 11.8 Å². The molecule has 248 valence electrons. The van der Waals surface area contributed by atoms with Crippen molar-refractivity contribution in [2.45, 2.75) is 74.7 Å². The van der Waals surface area contributed by atoms with Crippen molar-refractivity contribution < 1.29 is 136 Å². The predicted molar refractivity (Wildman–Crippen MR) is 147 cm³/mol. The van der Waals surface area contributed by atoms with Gasteiger partial charge in [-0.05, 0) is 39.5 Å². The monoisotopic (exact) mass is 704 g/mol. The first-order chi connectivity index (χ1) is 18.0. The number of nitrogens with zero attached hydrogens (tertiary/aromatic N) is 2. The van der Waals surface area contributed by atoms with Gasteiger partial charge in [-0.15, -0.1) is 0 Å².